The van der Waals surface area contributed by atoms with Crippen LogP contribution in [0.25, 0.3) is 0 Å². The van der Waals surface area contributed by atoms with Crippen LogP contribution >= 0.6 is 0 Å². The lowest BCUT2D eigenvalue weighted by atomic mass is 9.74. The lowest BCUT2D eigenvalue weighted by molar-refractivity contribution is -0.147. The van der Waals surface area contributed by atoms with E-state index in [4.69, 9.17) is 0 Å². The molecule has 3 nitrogen and oxygen atoms in total. The zero-order valence-corrected chi connectivity index (χ0v) is 12.3. The van der Waals surface area contributed by atoms with Gasteiger partial charge in [-0.1, -0.05) is 39.0 Å². The molecule has 110 valence electrons. The third-order valence-electron chi connectivity index (χ3n) is 5.15. The van der Waals surface area contributed by atoms with Crippen molar-refractivity contribution in [2.24, 2.45) is 5.92 Å². The number of aliphatic carboxylic acids is 1. The Balaban J connectivity index is 1.93. The van der Waals surface area contributed by atoms with E-state index < -0.39 is 11.5 Å². The van der Waals surface area contributed by atoms with Gasteiger partial charge in [-0.25, -0.2) is 0 Å². The number of carboxylic acids is 1. The molecule has 2 aliphatic carbocycles. The van der Waals surface area contributed by atoms with Crippen molar-refractivity contribution in [1.82, 2.24) is 5.32 Å². The first-order valence-corrected chi connectivity index (χ1v) is 8.17. The minimum Gasteiger partial charge on any atom is -0.480 e. The van der Waals surface area contributed by atoms with Crippen LogP contribution in [-0.2, 0) is 4.79 Å². The second-order valence-corrected chi connectivity index (χ2v) is 6.60. The topological polar surface area (TPSA) is 49.3 Å². The molecule has 0 atom stereocenters. The first kappa shape index (κ1) is 14.8. The van der Waals surface area contributed by atoms with Crippen molar-refractivity contribution in [2.45, 2.75) is 89.1 Å². The monoisotopic (exact) mass is 267 g/mol. The van der Waals surface area contributed by atoms with Gasteiger partial charge in [-0.2, -0.15) is 0 Å². The lowest BCUT2D eigenvalue weighted by Gasteiger charge is -2.41. The van der Waals surface area contributed by atoms with E-state index in [1.807, 2.05) is 0 Å². The second kappa shape index (κ2) is 6.74. The standard InChI is InChI=1S/C16H29NO2/c1-2-6-13-9-11-16(12-10-13,15(18)19)17-14-7-4-3-5-8-14/h13-14,17H,2-12H2,1H3,(H,18,19). The van der Waals surface area contributed by atoms with E-state index in [0.717, 1.165) is 44.4 Å². The van der Waals surface area contributed by atoms with E-state index in [9.17, 15) is 9.90 Å². The zero-order valence-electron chi connectivity index (χ0n) is 12.3. The summed E-state index contributed by atoms with van der Waals surface area (Å²) in [7, 11) is 0. The van der Waals surface area contributed by atoms with Gasteiger partial charge in [0, 0.05) is 6.04 Å². The molecular formula is C16H29NO2. The Labute approximate surface area is 117 Å². The molecule has 0 radical (unpaired) electrons. The minimum atomic E-state index is -0.619. The Morgan fingerprint density at radius 1 is 1.16 bits per heavy atom. The van der Waals surface area contributed by atoms with Gasteiger partial charge in [0.15, 0.2) is 0 Å². The third kappa shape index (κ3) is 3.71. The summed E-state index contributed by atoms with van der Waals surface area (Å²) in [5.74, 6) is 0.138. The summed E-state index contributed by atoms with van der Waals surface area (Å²) in [4.78, 5) is 11.8. The highest BCUT2D eigenvalue weighted by Gasteiger charge is 2.42. The van der Waals surface area contributed by atoms with Crippen LogP contribution in [-0.4, -0.2) is 22.7 Å². The van der Waals surface area contributed by atoms with Crippen molar-refractivity contribution < 1.29 is 9.90 Å². The van der Waals surface area contributed by atoms with Gasteiger partial charge < -0.3 is 5.11 Å². The molecule has 0 aromatic heterocycles. The maximum atomic E-state index is 11.8. The summed E-state index contributed by atoms with van der Waals surface area (Å²) in [6.45, 7) is 2.22. The molecule has 0 saturated heterocycles. The van der Waals surface area contributed by atoms with Crippen LogP contribution in [0.15, 0.2) is 0 Å². The summed E-state index contributed by atoms with van der Waals surface area (Å²) in [6, 6.07) is 0.438. The van der Waals surface area contributed by atoms with Gasteiger partial charge in [0.2, 0.25) is 0 Å². The molecule has 2 rings (SSSR count). The van der Waals surface area contributed by atoms with Gasteiger partial charge in [0.25, 0.3) is 0 Å². The van der Waals surface area contributed by atoms with Gasteiger partial charge >= 0.3 is 5.97 Å². The van der Waals surface area contributed by atoms with Crippen molar-refractivity contribution in [3.05, 3.63) is 0 Å². The van der Waals surface area contributed by atoms with Crippen molar-refractivity contribution in [3.63, 3.8) is 0 Å². The predicted octanol–water partition coefficient (Wildman–Crippen LogP) is 3.72. The number of rotatable bonds is 5. The summed E-state index contributed by atoms with van der Waals surface area (Å²) < 4.78 is 0. The van der Waals surface area contributed by atoms with E-state index in [-0.39, 0.29) is 0 Å². The van der Waals surface area contributed by atoms with Crippen molar-refractivity contribution in [3.8, 4) is 0 Å². The van der Waals surface area contributed by atoms with Crippen LogP contribution in [0.1, 0.15) is 77.6 Å². The summed E-state index contributed by atoms with van der Waals surface area (Å²) in [5, 5.41) is 13.2. The Kier molecular flexibility index (Phi) is 5.26. The Morgan fingerprint density at radius 3 is 2.32 bits per heavy atom. The van der Waals surface area contributed by atoms with Crippen molar-refractivity contribution in [2.75, 3.05) is 0 Å². The van der Waals surface area contributed by atoms with E-state index in [0.29, 0.717) is 6.04 Å². The highest BCUT2D eigenvalue weighted by molar-refractivity contribution is 5.79. The Bertz CT molecular complexity index is 289. The number of hydrogen-bond acceptors (Lipinski definition) is 2. The number of carbonyl (C=O) groups is 1. The smallest absolute Gasteiger partial charge is 0.323 e. The van der Waals surface area contributed by atoms with Crippen LogP contribution in [0, 0.1) is 5.92 Å². The van der Waals surface area contributed by atoms with Gasteiger partial charge in [-0.3, -0.25) is 10.1 Å². The molecule has 0 aromatic rings. The molecule has 2 fully saturated rings. The average molecular weight is 267 g/mol. The molecule has 0 spiro atoms. The van der Waals surface area contributed by atoms with E-state index in [2.05, 4.69) is 12.2 Å². The maximum absolute atomic E-state index is 11.8. The molecule has 0 aliphatic heterocycles. The van der Waals surface area contributed by atoms with E-state index in [1.54, 1.807) is 0 Å². The zero-order chi connectivity index (χ0) is 13.7. The fraction of sp³-hybridized carbons (Fsp3) is 0.938. The third-order valence-corrected chi connectivity index (χ3v) is 5.15. The SMILES string of the molecule is CCCC1CCC(NC2CCCCC2)(C(=O)O)CC1. The fourth-order valence-electron chi connectivity index (χ4n) is 3.92. The Morgan fingerprint density at radius 2 is 1.79 bits per heavy atom. The Hall–Kier alpha value is -0.570. The lowest BCUT2D eigenvalue weighted by Crippen LogP contribution is -2.58. The van der Waals surface area contributed by atoms with E-state index in [1.165, 1.54) is 32.1 Å². The highest BCUT2D eigenvalue weighted by Crippen LogP contribution is 2.36. The van der Waals surface area contributed by atoms with Crippen LogP contribution in [0.3, 0.4) is 0 Å². The van der Waals surface area contributed by atoms with Crippen molar-refractivity contribution in [1.29, 1.82) is 0 Å². The fourth-order valence-corrected chi connectivity index (χ4v) is 3.92. The van der Waals surface area contributed by atoms with Gasteiger partial charge in [0.05, 0.1) is 0 Å². The molecule has 2 aliphatic rings. The van der Waals surface area contributed by atoms with Crippen LogP contribution < -0.4 is 5.32 Å². The predicted molar refractivity (Wildman–Crippen MR) is 77.2 cm³/mol. The summed E-state index contributed by atoms with van der Waals surface area (Å²) in [6.07, 6.45) is 12.4. The molecule has 2 N–H and O–H groups in total. The van der Waals surface area contributed by atoms with E-state index >= 15 is 0 Å². The average Bonchev–Trinajstić information content (AvgIpc) is 2.42. The number of carboxylic acid groups (broad SMARTS) is 1. The minimum absolute atomic E-state index is 0.438. The maximum Gasteiger partial charge on any atom is 0.323 e. The van der Waals surface area contributed by atoms with Crippen LogP contribution in [0.5, 0.6) is 0 Å². The molecule has 19 heavy (non-hydrogen) atoms. The largest absolute Gasteiger partial charge is 0.480 e. The van der Waals surface area contributed by atoms with Crippen LogP contribution in [0.2, 0.25) is 0 Å². The summed E-state index contributed by atoms with van der Waals surface area (Å²) >= 11 is 0. The van der Waals surface area contributed by atoms with Gasteiger partial charge in [-0.15, -0.1) is 0 Å². The molecule has 0 aromatic carbocycles. The normalized spacial score (nSPS) is 33.2. The molecule has 0 bridgehead atoms. The highest BCUT2D eigenvalue weighted by atomic mass is 16.4. The number of hydrogen-bond donors (Lipinski definition) is 2. The van der Waals surface area contributed by atoms with Crippen LogP contribution in [0.4, 0.5) is 0 Å². The van der Waals surface area contributed by atoms with Gasteiger partial charge in [-0.05, 0) is 44.4 Å². The molecule has 3 heteroatoms. The first-order chi connectivity index (χ1) is 9.16. The number of nitrogens with one attached hydrogen (secondary N) is 1. The molecule has 0 heterocycles. The first-order valence-electron chi connectivity index (χ1n) is 8.17. The van der Waals surface area contributed by atoms with Gasteiger partial charge in [0.1, 0.15) is 5.54 Å². The second-order valence-electron chi connectivity index (χ2n) is 6.60. The van der Waals surface area contributed by atoms with Crippen molar-refractivity contribution >= 4 is 5.97 Å². The summed E-state index contributed by atoms with van der Waals surface area (Å²) in [5.41, 5.74) is -0.619. The molecule has 0 unspecified atom stereocenters. The molecule has 2 saturated carbocycles. The quantitative estimate of drug-likeness (QED) is 0.798. The molecular weight excluding hydrogens is 238 g/mol. The molecule has 0 amide bonds.